The summed E-state index contributed by atoms with van der Waals surface area (Å²) < 4.78 is 23.3. The number of carbonyl (C=O) groups excluding carboxylic acids is 1. The third-order valence-electron chi connectivity index (χ3n) is 6.88. The zero-order valence-corrected chi connectivity index (χ0v) is 15.6. The van der Waals surface area contributed by atoms with Crippen LogP contribution in [-0.4, -0.2) is 26.6 Å². The molecule has 3 fully saturated rings. The molecule has 0 unspecified atom stereocenters. The Morgan fingerprint density at radius 2 is 1.76 bits per heavy atom. The van der Waals surface area contributed by atoms with Crippen LogP contribution in [0.1, 0.15) is 56.9 Å². The molecular formula is C20H27NO3S. The summed E-state index contributed by atoms with van der Waals surface area (Å²) in [6, 6.07) is 7.29. The fourth-order valence-corrected chi connectivity index (χ4v) is 5.88. The molecule has 3 saturated carbocycles. The Morgan fingerprint density at radius 1 is 1.04 bits per heavy atom. The molecule has 0 radical (unpaired) electrons. The van der Waals surface area contributed by atoms with Crippen molar-refractivity contribution in [3.63, 3.8) is 0 Å². The standard InChI is InChI=1S/C20H27NO3S/c1-25(23,24)16-9-7-15(8-10-16)20(12-3-13-20)19(22)21-18-11-6-14-4-2-5-17(14)18/h7-10,14,17-18H,2-6,11-13H2,1H3,(H,21,22)/t14-,17-,18-/m1/s1. The highest BCUT2D eigenvalue weighted by Crippen LogP contribution is 2.47. The van der Waals surface area contributed by atoms with E-state index in [0.717, 1.165) is 37.2 Å². The topological polar surface area (TPSA) is 63.2 Å². The van der Waals surface area contributed by atoms with Crippen molar-refractivity contribution in [1.29, 1.82) is 0 Å². The molecule has 1 amide bonds. The third-order valence-corrected chi connectivity index (χ3v) is 8.00. The van der Waals surface area contributed by atoms with Crippen LogP contribution in [0.5, 0.6) is 0 Å². The van der Waals surface area contributed by atoms with Crippen LogP contribution in [0.15, 0.2) is 29.2 Å². The summed E-state index contributed by atoms with van der Waals surface area (Å²) in [4.78, 5) is 13.5. The highest BCUT2D eigenvalue weighted by Gasteiger charge is 2.48. The number of carbonyl (C=O) groups is 1. The van der Waals surface area contributed by atoms with Gasteiger partial charge in [0, 0.05) is 12.3 Å². The van der Waals surface area contributed by atoms with E-state index in [1.54, 1.807) is 12.1 Å². The fourth-order valence-electron chi connectivity index (χ4n) is 5.25. The predicted octanol–water partition coefficient (Wildman–Crippen LogP) is 3.21. The summed E-state index contributed by atoms with van der Waals surface area (Å²) in [5.41, 5.74) is 0.511. The Labute approximate surface area is 150 Å². The van der Waals surface area contributed by atoms with Crippen molar-refractivity contribution >= 4 is 15.7 Å². The van der Waals surface area contributed by atoms with Gasteiger partial charge in [0.2, 0.25) is 5.91 Å². The van der Waals surface area contributed by atoms with Gasteiger partial charge in [-0.1, -0.05) is 31.4 Å². The molecule has 4 nitrogen and oxygen atoms in total. The van der Waals surface area contributed by atoms with Crippen molar-refractivity contribution < 1.29 is 13.2 Å². The molecule has 3 atom stereocenters. The first-order valence-corrected chi connectivity index (χ1v) is 11.4. The maximum absolute atomic E-state index is 13.1. The Hall–Kier alpha value is -1.36. The summed E-state index contributed by atoms with van der Waals surface area (Å²) in [7, 11) is -3.20. The lowest BCUT2D eigenvalue weighted by Gasteiger charge is -2.42. The number of rotatable bonds is 4. The van der Waals surface area contributed by atoms with E-state index in [1.165, 1.54) is 31.9 Å². The maximum atomic E-state index is 13.1. The summed E-state index contributed by atoms with van der Waals surface area (Å²) in [5, 5.41) is 3.38. The Balaban J connectivity index is 1.53. The van der Waals surface area contributed by atoms with Gasteiger partial charge in [0.1, 0.15) is 0 Å². The van der Waals surface area contributed by atoms with Gasteiger partial charge in [-0.05, 0) is 61.6 Å². The summed E-state index contributed by atoms with van der Waals surface area (Å²) in [6.07, 6.45) is 10.2. The molecule has 1 aromatic carbocycles. The van der Waals surface area contributed by atoms with Crippen molar-refractivity contribution in [3.8, 4) is 0 Å². The van der Waals surface area contributed by atoms with Crippen LogP contribution in [-0.2, 0) is 20.0 Å². The van der Waals surface area contributed by atoms with E-state index in [9.17, 15) is 13.2 Å². The minimum absolute atomic E-state index is 0.156. The normalized spacial score (nSPS) is 30.5. The van der Waals surface area contributed by atoms with Gasteiger partial charge >= 0.3 is 0 Å². The number of nitrogens with one attached hydrogen (secondary N) is 1. The van der Waals surface area contributed by atoms with Crippen LogP contribution < -0.4 is 5.32 Å². The molecule has 3 aliphatic rings. The first kappa shape index (κ1) is 17.1. The van der Waals surface area contributed by atoms with Gasteiger partial charge in [-0.2, -0.15) is 0 Å². The molecule has 4 rings (SSSR count). The number of sulfone groups is 1. The van der Waals surface area contributed by atoms with Gasteiger partial charge in [0.25, 0.3) is 0 Å². The Morgan fingerprint density at radius 3 is 2.36 bits per heavy atom. The molecule has 0 heterocycles. The second-order valence-corrected chi connectivity index (χ2v) is 10.3. The van der Waals surface area contributed by atoms with E-state index in [4.69, 9.17) is 0 Å². The molecule has 0 saturated heterocycles. The molecule has 0 spiro atoms. The van der Waals surface area contributed by atoms with E-state index in [1.807, 2.05) is 12.1 Å². The number of benzene rings is 1. The molecular weight excluding hydrogens is 334 g/mol. The van der Waals surface area contributed by atoms with E-state index >= 15 is 0 Å². The quantitative estimate of drug-likeness (QED) is 0.896. The lowest BCUT2D eigenvalue weighted by molar-refractivity contribution is -0.131. The number of hydrogen-bond acceptors (Lipinski definition) is 3. The van der Waals surface area contributed by atoms with Gasteiger partial charge < -0.3 is 5.32 Å². The molecule has 1 N–H and O–H groups in total. The number of amides is 1. The van der Waals surface area contributed by atoms with Crippen molar-refractivity contribution in [2.24, 2.45) is 11.8 Å². The van der Waals surface area contributed by atoms with Gasteiger partial charge in [0.05, 0.1) is 10.3 Å². The van der Waals surface area contributed by atoms with Crippen molar-refractivity contribution in [2.45, 2.75) is 67.7 Å². The van der Waals surface area contributed by atoms with Crippen LogP contribution in [0.4, 0.5) is 0 Å². The van der Waals surface area contributed by atoms with E-state index in [2.05, 4.69) is 5.32 Å². The van der Waals surface area contributed by atoms with Gasteiger partial charge in [-0.3, -0.25) is 4.79 Å². The number of hydrogen-bond donors (Lipinski definition) is 1. The van der Waals surface area contributed by atoms with Crippen LogP contribution in [0, 0.1) is 11.8 Å². The molecule has 0 bridgehead atoms. The zero-order valence-electron chi connectivity index (χ0n) is 14.8. The second-order valence-electron chi connectivity index (χ2n) is 8.24. The smallest absolute Gasteiger partial charge is 0.230 e. The van der Waals surface area contributed by atoms with E-state index < -0.39 is 15.3 Å². The average molecular weight is 362 g/mol. The monoisotopic (exact) mass is 361 g/mol. The molecule has 0 aliphatic heterocycles. The zero-order chi connectivity index (χ0) is 17.7. The van der Waals surface area contributed by atoms with Crippen molar-refractivity contribution in [2.75, 3.05) is 6.26 Å². The largest absolute Gasteiger partial charge is 0.352 e. The van der Waals surface area contributed by atoms with Crippen LogP contribution >= 0.6 is 0 Å². The molecule has 25 heavy (non-hydrogen) atoms. The molecule has 5 heteroatoms. The average Bonchev–Trinajstić information content (AvgIpc) is 3.11. The minimum Gasteiger partial charge on any atom is -0.352 e. The van der Waals surface area contributed by atoms with E-state index in [-0.39, 0.29) is 5.91 Å². The van der Waals surface area contributed by atoms with Crippen LogP contribution in [0.25, 0.3) is 0 Å². The first-order chi connectivity index (χ1) is 11.9. The first-order valence-electron chi connectivity index (χ1n) is 9.52. The lowest BCUT2D eigenvalue weighted by Crippen LogP contribution is -2.52. The van der Waals surface area contributed by atoms with Gasteiger partial charge in [0.15, 0.2) is 9.84 Å². The molecule has 0 aromatic heterocycles. The van der Waals surface area contributed by atoms with Crippen LogP contribution in [0.2, 0.25) is 0 Å². The van der Waals surface area contributed by atoms with E-state index in [0.29, 0.717) is 16.9 Å². The third kappa shape index (κ3) is 2.90. The SMILES string of the molecule is CS(=O)(=O)c1ccc(C2(C(=O)N[C@@H]3CC[C@H]4CCC[C@H]43)CCC2)cc1. The molecule has 3 aliphatic carbocycles. The Kier molecular flexibility index (Phi) is 4.18. The van der Waals surface area contributed by atoms with Crippen molar-refractivity contribution in [3.05, 3.63) is 29.8 Å². The lowest BCUT2D eigenvalue weighted by atomic mass is 9.63. The summed E-state index contributed by atoms with van der Waals surface area (Å²) in [5.74, 6) is 1.65. The van der Waals surface area contributed by atoms with Gasteiger partial charge in [-0.25, -0.2) is 8.42 Å². The Bertz CT molecular complexity index is 765. The molecule has 136 valence electrons. The fraction of sp³-hybridized carbons (Fsp3) is 0.650. The second kappa shape index (κ2) is 6.11. The summed E-state index contributed by atoms with van der Waals surface area (Å²) in [6.45, 7) is 0. The molecule has 1 aromatic rings. The van der Waals surface area contributed by atoms with Gasteiger partial charge in [-0.15, -0.1) is 0 Å². The number of fused-ring (bicyclic) bond motifs is 1. The predicted molar refractivity (Wildman–Crippen MR) is 97.1 cm³/mol. The highest BCUT2D eigenvalue weighted by molar-refractivity contribution is 7.90. The maximum Gasteiger partial charge on any atom is 0.230 e. The highest BCUT2D eigenvalue weighted by atomic mass is 32.2. The summed E-state index contributed by atoms with van der Waals surface area (Å²) >= 11 is 0. The minimum atomic E-state index is -3.20. The van der Waals surface area contributed by atoms with Crippen LogP contribution in [0.3, 0.4) is 0 Å². The van der Waals surface area contributed by atoms with Crippen molar-refractivity contribution in [1.82, 2.24) is 5.32 Å².